The molecule has 0 unspecified atom stereocenters. The topological polar surface area (TPSA) is 81.8 Å². The lowest BCUT2D eigenvalue weighted by Crippen LogP contribution is -2.36. The van der Waals surface area contributed by atoms with Gasteiger partial charge in [-0.05, 0) is 41.4 Å². The van der Waals surface area contributed by atoms with Crippen LogP contribution in [-0.4, -0.2) is 12.0 Å². The van der Waals surface area contributed by atoms with Crippen molar-refractivity contribution in [2.24, 2.45) is 10.9 Å². The van der Waals surface area contributed by atoms with E-state index < -0.39 is 12.0 Å². The molecular formula is C15H14N2O3. The summed E-state index contributed by atoms with van der Waals surface area (Å²) < 4.78 is 5.14. The zero-order valence-corrected chi connectivity index (χ0v) is 10.7. The van der Waals surface area contributed by atoms with Crippen molar-refractivity contribution < 1.29 is 9.53 Å². The van der Waals surface area contributed by atoms with Gasteiger partial charge < -0.3 is 10.5 Å². The molecular weight excluding hydrogens is 256 g/mol. The minimum Gasteiger partial charge on any atom is -0.425 e. The highest BCUT2D eigenvalue weighted by molar-refractivity contribution is 5.78. The molecule has 5 nitrogen and oxygen atoms in total. The second-order valence-corrected chi connectivity index (χ2v) is 4.30. The summed E-state index contributed by atoms with van der Waals surface area (Å²) in [5, 5.41) is 2.77. The van der Waals surface area contributed by atoms with Gasteiger partial charge in [0.15, 0.2) is 0 Å². The highest BCUT2D eigenvalue weighted by Crippen LogP contribution is 2.18. The molecule has 2 N–H and O–H groups in total. The van der Waals surface area contributed by atoms with E-state index in [0.29, 0.717) is 12.2 Å². The number of esters is 1. The molecule has 0 fully saturated rings. The zero-order chi connectivity index (χ0) is 14.4. The minimum absolute atomic E-state index is 0.276. The molecule has 0 aromatic heterocycles. The molecule has 1 atom stereocenters. The molecule has 0 radical (unpaired) electrons. The van der Waals surface area contributed by atoms with Crippen molar-refractivity contribution in [1.29, 1.82) is 0 Å². The summed E-state index contributed by atoms with van der Waals surface area (Å²) in [6.45, 7) is 0. The summed E-state index contributed by atoms with van der Waals surface area (Å²) >= 11 is 0. The Morgan fingerprint density at radius 2 is 1.75 bits per heavy atom. The van der Waals surface area contributed by atoms with Crippen molar-refractivity contribution in [3.05, 3.63) is 65.1 Å². The summed E-state index contributed by atoms with van der Waals surface area (Å²) in [5.41, 5.74) is 7.06. The van der Waals surface area contributed by atoms with Gasteiger partial charge in [0.05, 0.1) is 0 Å². The first-order valence-corrected chi connectivity index (χ1v) is 6.13. The Morgan fingerprint density at radius 1 is 1.10 bits per heavy atom. The predicted octanol–water partition coefficient (Wildman–Crippen LogP) is 2.56. The van der Waals surface area contributed by atoms with Crippen molar-refractivity contribution >= 4 is 11.7 Å². The maximum absolute atomic E-state index is 11.8. The molecule has 0 bridgehead atoms. The number of nitrogens with two attached hydrogens (primary N) is 1. The van der Waals surface area contributed by atoms with Gasteiger partial charge in [0.2, 0.25) is 0 Å². The molecule has 0 aliphatic rings. The van der Waals surface area contributed by atoms with Crippen molar-refractivity contribution in [2.45, 2.75) is 12.5 Å². The summed E-state index contributed by atoms with van der Waals surface area (Å²) in [5.74, 6) is -0.174. The van der Waals surface area contributed by atoms with Crippen molar-refractivity contribution in [3.63, 3.8) is 0 Å². The van der Waals surface area contributed by atoms with Crippen LogP contribution < -0.4 is 10.5 Å². The Kier molecular flexibility index (Phi) is 4.57. The Bertz CT molecular complexity index is 582. The van der Waals surface area contributed by atoms with E-state index in [4.69, 9.17) is 10.5 Å². The van der Waals surface area contributed by atoms with Gasteiger partial charge in [-0.1, -0.05) is 30.3 Å². The fraction of sp³-hybridized carbons (Fsp3) is 0.133. The van der Waals surface area contributed by atoms with E-state index in [0.717, 1.165) is 5.56 Å². The Labute approximate surface area is 116 Å². The van der Waals surface area contributed by atoms with Crippen LogP contribution in [0.2, 0.25) is 0 Å². The summed E-state index contributed by atoms with van der Waals surface area (Å²) in [7, 11) is 0. The Hall–Kier alpha value is -2.53. The van der Waals surface area contributed by atoms with Crippen LogP contribution in [0.5, 0.6) is 5.75 Å². The third kappa shape index (κ3) is 3.73. The van der Waals surface area contributed by atoms with Gasteiger partial charge in [-0.15, -0.1) is 4.91 Å². The largest absolute Gasteiger partial charge is 0.425 e. The van der Waals surface area contributed by atoms with E-state index in [1.54, 1.807) is 0 Å². The summed E-state index contributed by atoms with van der Waals surface area (Å²) in [6, 6.07) is 14.7. The van der Waals surface area contributed by atoms with E-state index >= 15 is 0 Å². The van der Waals surface area contributed by atoms with Gasteiger partial charge in [0.1, 0.15) is 17.5 Å². The van der Waals surface area contributed by atoms with Crippen LogP contribution in [0.4, 0.5) is 5.69 Å². The summed E-state index contributed by atoms with van der Waals surface area (Å²) in [4.78, 5) is 22.1. The number of rotatable bonds is 5. The van der Waals surface area contributed by atoms with E-state index in [-0.39, 0.29) is 5.69 Å². The van der Waals surface area contributed by atoms with Gasteiger partial charge in [0.25, 0.3) is 0 Å². The highest BCUT2D eigenvalue weighted by Gasteiger charge is 2.16. The first-order valence-electron chi connectivity index (χ1n) is 6.13. The first kappa shape index (κ1) is 13.9. The summed E-state index contributed by atoms with van der Waals surface area (Å²) in [6.07, 6.45) is 0.410. The quantitative estimate of drug-likeness (QED) is 0.514. The van der Waals surface area contributed by atoms with E-state index in [1.807, 2.05) is 30.3 Å². The molecule has 2 rings (SSSR count). The molecule has 102 valence electrons. The van der Waals surface area contributed by atoms with E-state index in [9.17, 15) is 9.70 Å². The molecule has 0 amide bonds. The normalized spacial score (nSPS) is 11.7. The van der Waals surface area contributed by atoms with Crippen LogP contribution in [0.1, 0.15) is 5.56 Å². The lowest BCUT2D eigenvalue weighted by atomic mass is 10.1. The number of hydrogen-bond acceptors (Lipinski definition) is 5. The van der Waals surface area contributed by atoms with E-state index in [2.05, 4.69) is 5.18 Å². The smallest absolute Gasteiger partial charge is 0.328 e. The lowest BCUT2D eigenvalue weighted by Gasteiger charge is -2.11. The molecule has 2 aromatic rings. The van der Waals surface area contributed by atoms with Crippen molar-refractivity contribution in [3.8, 4) is 5.75 Å². The van der Waals surface area contributed by atoms with Gasteiger partial charge in [-0.25, -0.2) is 4.79 Å². The molecule has 0 heterocycles. The molecule has 0 aliphatic heterocycles. The minimum atomic E-state index is -0.735. The molecule has 0 spiro atoms. The Balaban J connectivity index is 1.95. The molecule has 5 heteroatoms. The fourth-order valence-electron chi connectivity index (χ4n) is 1.72. The fourth-order valence-corrected chi connectivity index (χ4v) is 1.72. The number of nitrogens with zero attached hydrogens (tertiary/aromatic N) is 1. The number of benzene rings is 2. The second kappa shape index (κ2) is 6.58. The third-order valence-corrected chi connectivity index (χ3v) is 2.76. The van der Waals surface area contributed by atoms with Crippen LogP contribution >= 0.6 is 0 Å². The van der Waals surface area contributed by atoms with Crippen molar-refractivity contribution in [1.82, 2.24) is 0 Å². The van der Waals surface area contributed by atoms with Gasteiger partial charge in [-0.2, -0.15) is 0 Å². The average Bonchev–Trinajstić information content (AvgIpc) is 2.49. The molecule has 2 aromatic carbocycles. The Morgan fingerprint density at radius 3 is 2.35 bits per heavy atom. The number of nitroso groups, excluding NO2 is 1. The second-order valence-electron chi connectivity index (χ2n) is 4.30. The van der Waals surface area contributed by atoms with Gasteiger partial charge in [0, 0.05) is 0 Å². The monoisotopic (exact) mass is 270 g/mol. The lowest BCUT2D eigenvalue weighted by molar-refractivity contribution is -0.135. The number of hydrogen-bond donors (Lipinski definition) is 1. The van der Waals surface area contributed by atoms with Crippen molar-refractivity contribution in [2.75, 3.05) is 0 Å². The molecule has 0 saturated heterocycles. The number of carbonyl (C=O) groups is 1. The van der Waals surface area contributed by atoms with Crippen LogP contribution in [0.15, 0.2) is 59.8 Å². The average molecular weight is 270 g/mol. The number of ether oxygens (including phenoxy) is 1. The van der Waals surface area contributed by atoms with Crippen LogP contribution in [0, 0.1) is 4.91 Å². The van der Waals surface area contributed by atoms with Crippen LogP contribution in [0.3, 0.4) is 0 Å². The van der Waals surface area contributed by atoms with Gasteiger partial charge in [-0.3, -0.25) is 0 Å². The highest BCUT2D eigenvalue weighted by atomic mass is 16.5. The molecule has 0 aliphatic carbocycles. The van der Waals surface area contributed by atoms with Gasteiger partial charge >= 0.3 is 5.97 Å². The maximum atomic E-state index is 11.8. The number of carbonyl (C=O) groups excluding carboxylic acids is 1. The van der Waals surface area contributed by atoms with Crippen LogP contribution in [-0.2, 0) is 11.2 Å². The predicted molar refractivity (Wildman–Crippen MR) is 75.7 cm³/mol. The molecule has 0 saturated carbocycles. The first-order chi connectivity index (χ1) is 9.69. The third-order valence-electron chi connectivity index (χ3n) is 2.76. The standard InChI is InChI=1S/C15H14N2O3/c16-14(10-11-4-2-1-3-5-11)15(18)20-13-8-6-12(17-19)7-9-13/h1-9,14H,10,16H2/t14-/m0/s1. The SMILES string of the molecule is N[C@@H](Cc1ccccc1)C(=O)Oc1ccc(N=O)cc1. The van der Waals surface area contributed by atoms with Crippen LogP contribution in [0.25, 0.3) is 0 Å². The molecule has 20 heavy (non-hydrogen) atoms. The van der Waals surface area contributed by atoms with E-state index in [1.165, 1.54) is 24.3 Å². The zero-order valence-electron chi connectivity index (χ0n) is 10.7. The maximum Gasteiger partial charge on any atom is 0.328 e.